The summed E-state index contributed by atoms with van der Waals surface area (Å²) in [6.07, 6.45) is -3.23. The number of hydrogen-bond acceptors (Lipinski definition) is 5. The number of aliphatic hydroxyl groups is 1. The van der Waals surface area contributed by atoms with Crippen LogP contribution in [-0.2, 0) is 12.8 Å². The van der Waals surface area contributed by atoms with Gasteiger partial charge < -0.3 is 10.2 Å². The number of aromatic nitrogens is 4. The third kappa shape index (κ3) is 3.36. The Morgan fingerprint density at radius 3 is 2.21 bits per heavy atom. The van der Waals surface area contributed by atoms with E-state index in [1.807, 2.05) is 0 Å². The Kier molecular flexibility index (Phi) is 4.94. The largest absolute Gasteiger partial charge is 0.504 e. The number of benzene rings is 1. The molecule has 0 aliphatic rings. The molecule has 148 valence electrons. The zero-order chi connectivity index (χ0) is 20.8. The van der Waals surface area contributed by atoms with Crippen molar-refractivity contribution in [1.29, 1.82) is 0 Å². The van der Waals surface area contributed by atoms with Crippen LogP contribution in [0.2, 0.25) is 5.15 Å². The molecule has 0 radical (unpaired) electrons. The molecule has 7 nitrogen and oxygen atoms in total. The summed E-state index contributed by atoms with van der Waals surface area (Å²) in [6, 6.07) is 3.16. The zero-order valence-corrected chi connectivity index (χ0v) is 15.4. The Balaban J connectivity index is 2.34. The van der Waals surface area contributed by atoms with Gasteiger partial charge in [-0.25, -0.2) is 4.68 Å². The smallest absolute Gasteiger partial charge is 0.416 e. The number of aromatic hydroxyl groups is 1. The second-order valence-corrected chi connectivity index (χ2v) is 6.45. The van der Waals surface area contributed by atoms with Crippen molar-refractivity contribution in [2.24, 2.45) is 0 Å². The summed E-state index contributed by atoms with van der Waals surface area (Å²) >= 11 is 5.76. The summed E-state index contributed by atoms with van der Waals surface area (Å²) in [5, 5.41) is 27.6. The molecule has 2 heterocycles. The van der Waals surface area contributed by atoms with Crippen LogP contribution in [0.1, 0.15) is 22.4 Å². The van der Waals surface area contributed by atoms with Crippen LogP contribution in [0.5, 0.6) is 5.75 Å². The number of aryl methyl sites for hydroxylation is 2. The van der Waals surface area contributed by atoms with Crippen molar-refractivity contribution in [1.82, 2.24) is 19.6 Å². The monoisotopic (exact) mass is 414 g/mol. The van der Waals surface area contributed by atoms with E-state index >= 15 is 0 Å². The Labute approximate surface area is 161 Å². The number of hydrogen-bond donors (Lipinski definition) is 2. The minimum Gasteiger partial charge on any atom is -0.504 e. The Morgan fingerprint density at radius 2 is 1.75 bits per heavy atom. The Bertz CT molecular complexity index is 1100. The molecular formula is C17H14ClF3N4O3. The Morgan fingerprint density at radius 1 is 1.14 bits per heavy atom. The molecule has 0 bridgehead atoms. The molecular weight excluding hydrogens is 401 g/mol. The van der Waals surface area contributed by atoms with Gasteiger partial charge in [0, 0.05) is 6.20 Å². The van der Waals surface area contributed by atoms with Gasteiger partial charge in [-0.3, -0.25) is 4.79 Å². The van der Waals surface area contributed by atoms with Crippen LogP contribution in [0, 0.1) is 13.8 Å². The van der Waals surface area contributed by atoms with E-state index in [1.165, 1.54) is 26.1 Å². The molecule has 0 saturated heterocycles. The van der Waals surface area contributed by atoms with E-state index in [-0.39, 0.29) is 33.3 Å². The lowest BCUT2D eigenvalue weighted by molar-refractivity contribution is -0.137. The zero-order valence-electron chi connectivity index (χ0n) is 14.6. The van der Waals surface area contributed by atoms with Crippen LogP contribution in [0.4, 0.5) is 13.2 Å². The van der Waals surface area contributed by atoms with Crippen molar-refractivity contribution in [3.63, 3.8) is 0 Å². The summed E-state index contributed by atoms with van der Waals surface area (Å²) in [5.41, 5.74) is -1.92. The van der Waals surface area contributed by atoms with Crippen molar-refractivity contribution in [3.05, 3.63) is 62.3 Å². The number of alkyl halides is 3. The number of nitrogens with zero attached hydrogens (tertiary/aromatic N) is 4. The van der Waals surface area contributed by atoms with Crippen molar-refractivity contribution < 1.29 is 23.4 Å². The van der Waals surface area contributed by atoms with Gasteiger partial charge in [0.2, 0.25) is 0 Å². The summed E-state index contributed by atoms with van der Waals surface area (Å²) in [4.78, 5) is 13.0. The summed E-state index contributed by atoms with van der Waals surface area (Å²) in [7, 11) is 0. The van der Waals surface area contributed by atoms with E-state index in [4.69, 9.17) is 11.6 Å². The van der Waals surface area contributed by atoms with Gasteiger partial charge in [0.05, 0.1) is 17.9 Å². The molecule has 0 saturated carbocycles. The maximum Gasteiger partial charge on any atom is 0.416 e. The molecule has 0 atom stereocenters. The van der Waals surface area contributed by atoms with Crippen LogP contribution < -0.4 is 5.56 Å². The molecule has 0 aliphatic heterocycles. The van der Waals surface area contributed by atoms with E-state index in [0.717, 1.165) is 21.5 Å². The summed E-state index contributed by atoms with van der Waals surface area (Å²) < 4.78 is 41.0. The third-order valence-corrected chi connectivity index (χ3v) is 4.28. The first-order chi connectivity index (χ1) is 13.0. The van der Waals surface area contributed by atoms with Crippen molar-refractivity contribution >= 4 is 11.6 Å². The lowest BCUT2D eigenvalue weighted by Crippen LogP contribution is -2.28. The second-order valence-electron chi connectivity index (χ2n) is 6.06. The van der Waals surface area contributed by atoms with Crippen molar-refractivity contribution in [2.75, 3.05) is 0 Å². The first-order valence-corrected chi connectivity index (χ1v) is 8.28. The average molecular weight is 415 g/mol. The van der Waals surface area contributed by atoms with Gasteiger partial charge in [-0.15, -0.1) is 0 Å². The van der Waals surface area contributed by atoms with Crippen molar-refractivity contribution in [3.8, 4) is 17.1 Å². The standard InChI is InChI=1S/C17H14ClF3N4O3/c1-8-5-10(17(19,20)21)6-9(2)13(8)25-16(28)14(15(27)11(7-26)22-25)24-4-3-12(18)23-24/h3-6,26-27H,7H2,1-2H3. The van der Waals surface area contributed by atoms with Gasteiger partial charge in [-0.2, -0.15) is 28.1 Å². The SMILES string of the molecule is Cc1cc(C(F)(F)F)cc(C)c1-n1nc(CO)c(O)c(-n2ccc(Cl)n2)c1=O. The molecule has 2 N–H and O–H groups in total. The lowest BCUT2D eigenvalue weighted by Gasteiger charge is -2.17. The fraction of sp³-hybridized carbons (Fsp3) is 0.235. The minimum absolute atomic E-state index is 0.0506. The van der Waals surface area contributed by atoms with Crippen LogP contribution in [-0.4, -0.2) is 29.8 Å². The summed E-state index contributed by atoms with van der Waals surface area (Å²) in [6.45, 7) is 2.09. The van der Waals surface area contributed by atoms with E-state index in [1.54, 1.807) is 0 Å². The predicted molar refractivity (Wildman–Crippen MR) is 94.0 cm³/mol. The average Bonchev–Trinajstić information content (AvgIpc) is 3.01. The highest BCUT2D eigenvalue weighted by atomic mass is 35.5. The fourth-order valence-corrected chi connectivity index (χ4v) is 3.03. The highest BCUT2D eigenvalue weighted by Gasteiger charge is 2.32. The number of halogens is 4. The van der Waals surface area contributed by atoms with Gasteiger partial charge in [0.15, 0.2) is 16.6 Å². The molecule has 3 aromatic rings. The topological polar surface area (TPSA) is 93.2 Å². The molecule has 0 fully saturated rings. The Hall–Kier alpha value is -2.85. The maximum atomic E-state index is 13.0. The normalized spacial score (nSPS) is 11.8. The van der Waals surface area contributed by atoms with Crippen LogP contribution >= 0.6 is 11.6 Å². The first kappa shape index (κ1) is 19.9. The molecule has 2 aromatic heterocycles. The lowest BCUT2D eigenvalue weighted by atomic mass is 10.0. The molecule has 0 amide bonds. The van der Waals surface area contributed by atoms with E-state index in [0.29, 0.717) is 0 Å². The number of rotatable bonds is 3. The van der Waals surface area contributed by atoms with Crippen LogP contribution in [0.3, 0.4) is 0 Å². The molecule has 1 aromatic carbocycles. The molecule has 3 rings (SSSR count). The molecule has 0 unspecified atom stereocenters. The quantitative estimate of drug-likeness (QED) is 0.687. The van der Waals surface area contributed by atoms with Gasteiger partial charge in [-0.05, 0) is 43.2 Å². The number of aliphatic hydroxyl groups excluding tert-OH is 1. The fourth-order valence-electron chi connectivity index (χ4n) is 2.90. The minimum atomic E-state index is -4.55. The molecule has 0 aliphatic carbocycles. The maximum absolute atomic E-state index is 13.0. The van der Waals surface area contributed by atoms with Gasteiger partial charge in [-0.1, -0.05) is 11.6 Å². The first-order valence-electron chi connectivity index (χ1n) is 7.91. The third-order valence-electron chi connectivity index (χ3n) is 4.08. The van der Waals surface area contributed by atoms with Gasteiger partial charge in [0.25, 0.3) is 0 Å². The van der Waals surface area contributed by atoms with Gasteiger partial charge in [0.1, 0.15) is 5.69 Å². The predicted octanol–water partition coefficient (Wildman–Crippen LogP) is 2.91. The van der Waals surface area contributed by atoms with Crippen LogP contribution in [0.15, 0.2) is 29.2 Å². The highest BCUT2D eigenvalue weighted by molar-refractivity contribution is 6.29. The molecule has 11 heteroatoms. The van der Waals surface area contributed by atoms with E-state index in [9.17, 15) is 28.2 Å². The highest BCUT2D eigenvalue weighted by Crippen LogP contribution is 2.33. The van der Waals surface area contributed by atoms with E-state index < -0.39 is 29.7 Å². The van der Waals surface area contributed by atoms with Crippen LogP contribution in [0.25, 0.3) is 11.4 Å². The van der Waals surface area contributed by atoms with E-state index in [2.05, 4.69) is 10.2 Å². The van der Waals surface area contributed by atoms with Gasteiger partial charge >= 0.3 is 11.7 Å². The summed E-state index contributed by atoms with van der Waals surface area (Å²) in [5.74, 6) is -0.606. The molecule has 0 spiro atoms. The second kappa shape index (κ2) is 6.95. The molecule has 28 heavy (non-hydrogen) atoms. The van der Waals surface area contributed by atoms with Crippen molar-refractivity contribution in [2.45, 2.75) is 26.6 Å².